The van der Waals surface area contributed by atoms with Crippen molar-refractivity contribution in [1.29, 1.82) is 0 Å². The molecular formula is C23H21FO6. The van der Waals surface area contributed by atoms with Crippen LogP contribution < -0.4 is 18.9 Å². The molecule has 156 valence electrons. The molecule has 3 rings (SSSR count). The third kappa shape index (κ3) is 5.00. The number of carboxylic acids is 1. The molecule has 6 nitrogen and oxygen atoms in total. The summed E-state index contributed by atoms with van der Waals surface area (Å²) in [6.45, 7) is 0.178. The Morgan fingerprint density at radius 3 is 1.77 bits per heavy atom. The monoisotopic (exact) mass is 412 g/mol. The van der Waals surface area contributed by atoms with Crippen molar-refractivity contribution in [1.82, 2.24) is 0 Å². The molecule has 0 spiro atoms. The van der Waals surface area contributed by atoms with Gasteiger partial charge in [-0.15, -0.1) is 0 Å². The molecule has 0 heterocycles. The summed E-state index contributed by atoms with van der Waals surface area (Å²) < 4.78 is 36.4. The van der Waals surface area contributed by atoms with Crippen molar-refractivity contribution in [3.8, 4) is 23.0 Å². The lowest BCUT2D eigenvalue weighted by Gasteiger charge is -2.15. The minimum atomic E-state index is -1.39. The summed E-state index contributed by atoms with van der Waals surface area (Å²) in [5.41, 5.74) is 1.10. The van der Waals surface area contributed by atoms with E-state index in [1.807, 2.05) is 12.1 Å². The highest BCUT2D eigenvalue weighted by molar-refractivity contribution is 5.89. The number of hydrogen-bond acceptors (Lipinski definition) is 5. The number of aromatic carboxylic acids is 1. The van der Waals surface area contributed by atoms with Crippen LogP contribution in [0.4, 0.5) is 4.39 Å². The van der Waals surface area contributed by atoms with Crippen molar-refractivity contribution in [3.63, 3.8) is 0 Å². The lowest BCUT2D eigenvalue weighted by atomic mass is 10.1. The quantitative estimate of drug-likeness (QED) is 0.549. The van der Waals surface area contributed by atoms with Crippen molar-refractivity contribution in [2.75, 3.05) is 14.2 Å². The van der Waals surface area contributed by atoms with Crippen molar-refractivity contribution >= 4 is 5.97 Å². The Morgan fingerprint density at radius 2 is 1.30 bits per heavy atom. The van der Waals surface area contributed by atoms with E-state index in [-0.39, 0.29) is 24.7 Å². The zero-order chi connectivity index (χ0) is 21.5. The molecule has 0 aromatic heterocycles. The van der Waals surface area contributed by atoms with Crippen LogP contribution in [0.25, 0.3) is 0 Å². The van der Waals surface area contributed by atoms with E-state index in [0.717, 1.165) is 17.2 Å². The van der Waals surface area contributed by atoms with Gasteiger partial charge in [0.1, 0.15) is 24.7 Å². The average Bonchev–Trinajstić information content (AvgIpc) is 2.77. The molecule has 0 atom stereocenters. The Kier molecular flexibility index (Phi) is 6.75. The van der Waals surface area contributed by atoms with E-state index >= 15 is 0 Å². The summed E-state index contributed by atoms with van der Waals surface area (Å²) in [5, 5.41) is 9.22. The topological polar surface area (TPSA) is 74.2 Å². The molecule has 0 aliphatic carbocycles. The first-order chi connectivity index (χ1) is 14.5. The second kappa shape index (κ2) is 9.65. The van der Waals surface area contributed by atoms with Crippen LogP contribution in [0.5, 0.6) is 23.0 Å². The number of halogens is 1. The Hall–Kier alpha value is -3.74. The van der Waals surface area contributed by atoms with E-state index in [9.17, 15) is 14.3 Å². The fraction of sp³-hybridized carbons (Fsp3) is 0.174. The zero-order valence-electron chi connectivity index (χ0n) is 16.6. The molecule has 0 unspecified atom stereocenters. The van der Waals surface area contributed by atoms with Gasteiger partial charge in [-0.3, -0.25) is 0 Å². The second-order valence-corrected chi connectivity index (χ2v) is 6.33. The van der Waals surface area contributed by atoms with Crippen LogP contribution >= 0.6 is 0 Å². The standard InChI is InChI=1S/C23H21FO6/c1-27-17-7-3-15(4-8-17)13-29-20-12-11-19(23(25)26)21(24)22(20)30-14-16-5-9-18(28-2)10-6-16/h3-12H,13-14H2,1-2H3,(H,25,26). The van der Waals surface area contributed by atoms with Gasteiger partial charge in [-0.2, -0.15) is 0 Å². The summed E-state index contributed by atoms with van der Waals surface area (Å²) >= 11 is 0. The lowest BCUT2D eigenvalue weighted by molar-refractivity contribution is 0.0690. The van der Waals surface area contributed by atoms with Gasteiger partial charge in [0, 0.05) is 0 Å². The maximum atomic E-state index is 14.8. The van der Waals surface area contributed by atoms with Gasteiger partial charge in [0.25, 0.3) is 0 Å². The summed E-state index contributed by atoms with van der Waals surface area (Å²) in [6, 6.07) is 16.8. The molecular weight excluding hydrogens is 391 g/mol. The highest BCUT2D eigenvalue weighted by Gasteiger charge is 2.20. The molecule has 0 amide bonds. The van der Waals surface area contributed by atoms with Crippen LogP contribution in [0.2, 0.25) is 0 Å². The Bertz CT molecular complexity index is 999. The predicted molar refractivity (Wildman–Crippen MR) is 108 cm³/mol. The Morgan fingerprint density at radius 1 is 0.800 bits per heavy atom. The van der Waals surface area contributed by atoms with Gasteiger partial charge in [0.15, 0.2) is 17.3 Å². The number of ether oxygens (including phenoxy) is 4. The largest absolute Gasteiger partial charge is 0.497 e. The minimum absolute atomic E-state index is 0.0306. The van der Waals surface area contributed by atoms with Crippen LogP contribution in [-0.2, 0) is 13.2 Å². The summed E-state index contributed by atoms with van der Waals surface area (Å²) in [5.74, 6) is -1.12. The first-order valence-corrected chi connectivity index (χ1v) is 9.09. The fourth-order valence-corrected chi connectivity index (χ4v) is 2.71. The van der Waals surface area contributed by atoms with Gasteiger partial charge in [0.05, 0.1) is 19.8 Å². The first-order valence-electron chi connectivity index (χ1n) is 9.09. The van der Waals surface area contributed by atoms with E-state index in [1.54, 1.807) is 50.6 Å². The minimum Gasteiger partial charge on any atom is -0.497 e. The van der Waals surface area contributed by atoms with Crippen LogP contribution in [0.15, 0.2) is 60.7 Å². The van der Waals surface area contributed by atoms with Crippen molar-refractivity contribution in [3.05, 3.63) is 83.2 Å². The molecule has 3 aromatic carbocycles. The lowest BCUT2D eigenvalue weighted by Crippen LogP contribution is -2.07. The highest BCUT2D eigenvalue weighted by atomic mass is 19.1. The normalized spacial score (nSPS) is 10.4. The van der Waals surface area contributed by atoms with Gasteiger partial charge in [-0.25, -0.2) is 9.18 Å². The van der Waals surface area contributed by atoms with E-state index < -0.39 is 17.3 Å². The smallest absolute Gasteiger partial charge is 0.338 e. The number of carboxylic acid groups (broad SMARTS) is 1. The predicted octanol–water partition coefficient (Wildman–Crippen LogP) is 4.70. The van der Waals surface area contributed by atoms with E-state index in [1.165, 1.54) is 6.07 Å². The van der Waals surface area contributed by atoms with Crippen molar-refractivity contribution in [2.24, 2.45) is 0 Å². The molecule has 7 heteroatoms. The van der Waals surface area contributed by atoms with Crippen LogP contribution in [-0.4, -0.2) is 25.3 Å². The van der Waals surface area contributed by atoms with E-state index in [0.29, 0.717) is 11.5 Å². The number of benzene rings is 3. The SMILES string of the molecule is COc1ccc(COc2ccc(C(=O)O)c(F)c2OCc2ccc(OC)cc2)cc1. The molecule has 0 aliphatic heterocycles. The molecule has 0 bridgehead atoms. The second-order valence-electron chi connectivity index (χ2n) is 6.33. The number of hydrogen-bond donors (Lipinski definition) is 1. The summed E-state index contributed by atoms with van der Waals surface area (Å²) in [7, 11) is 3.13. The van der Waals surface area contributed by atoms with Gasteiger partial charge in [-0.05, 0) is 47.5 Å². The highest BCUT2D eigenvalue weighted by Crippen LogP contribution is 2.34. The van der Waals surface area contributed by atoms with Crippen LogP contribution in [0, 0.1) is 5.82 Å². The average molecular weight is 412 g/mol. The molecule has 0 radical (unpaired) electrons. The maximum absolute atomic E-state index is 14.8. The van der Waals surface area contributed by atoms with E-state index in [2.05, 4.69) is 0 Å². The van der Waals surface area contributed by atoms with Gasteiger partial charge in [-0.1, -0.05) is 24.3 Å². The molecule has 0 saturated heterocycles. The van der Waals surface area contributed by atoms with Crippen molar-refractivity contribution < 1.29 is 33.2 Å². The number of rotatable bonds is 9. The molecule has 0 saturated carbocycles. The Labute approximate surface area is 173 Å². The van der Waals surface area contributed by atoms with Crippen LogP contribution in [0.1, 0.15) is 21.5 Å². The maximum Gasteiger partial charge on any atom is 0.338 e. The van der Waals surface area contributed by atoms with Gasteiger partial charge in [0.2, 0.25) is 0 Å². The molecule has 3 aromatic rings. The third-order valence-electron chi connectivity index (χ3n) is 4.39. The first kappa shape index (κ1) is 21.0. The number of carbonyl (C=O) groups is 1. The summed E-state index contributed by atoms with van der Waals surface area (Å²) in [6.07, 6.45) is 0. The van der Waals surface area contributed by atoms with Crippen LogP contribution in [0.3, 0.4) is 0 Å². The summed E-state index contributed by atoms with van der Waals surface area (Å²) in [4.78, 5) is 11.3. The van der Waals surface area contributed by atoms with Gasteiger partial charge >= 0.3 is 5.97 Å². The van der Waals surface area contributed by atoms with Gasteiger partial charge < -0.3 is 24.1 Å². The fourth-order valence-electron chi connectivity index (χ4n) is 2.71. The Balaban J connectivity index is 1.80. The third-order valence-corrected chi connectivity index (χ3v) is 4.39. The molecule has 0 aliphatic rings. The molecule has 1 N–H and O–H groups in total. The molecule has 0 fully saturated rings. The number of methoxy groups -OCH3 is 2. The van der Waals surface area contributed by atoms with E-state index in [4.69, 9.17) is 18.9 Å². The van der Waals surface area contributed by atoms with Crippen molar-refractivity contribution in [2.45, 2.75) is 13.2 Å². The zero-order valence-corrected chi connectivity index (χ0v) is 16.6. The molecule has 30 heavy (non-hydrogen) atoms.